The molecule has 0 bridgehead atoms. The second-order valence-corrected chi connectivity index (χ2v) is 6.74. The Hall–Kier alpha value is -1.50. The van der Waals surface area contributed by atoms with Crippen LogP contribution < -0.4 is 10.9 Å². The molecule has 0 fully saturated rings. The van der Waals surface area contributed by atoms with Crippen LogP contribution in [0.25, 0.3) is 5.69 Å². The summed E-state index contributed by atoms with van der Waals surface area (Å²) in [6.07, 6.45) is 1.98. The second kappa shape index (κ2) is 7.86. The molecule has 0 aliphatic heterocycles. The van der Waals surface area contributed by atoms with E-state index in [0.29, 0.717) is 6.54 Å². The third-order valence-electron chi connectivity index (χ3n) is 4.31. The molecule has 0 amide bonds. The van der Waals surface area contributed by atoms with E-state index in [-0.39, 0.29) is 23.5 Å². The molecule has 126 valence electrons. The van der Waals surface area contributed by atoms with E-state index in [9.17, 15) is 9.90 Å². The summed E-state index contributed by atoms with van der Waals surface area (Å²) in [4.78, 5) is 12.8. The van der Waals surface area contributed by atoms with Crippen molar-refractivity contribution in [3.8, 4) is 5.69 Å². The zero-order chi connectivity index (χ0) is 17.0. The molecule has 2 unspecified atom stereocenters. The maximum Gasteiger partial charge on any atom is 0.276 e. The summed E-state index contributed by atoms with van der Waals surface area (Å²) in [5, 5.41) is 12.9. The molecule has 0 aliphatic carbocycles. The van der Waals surface area contributed by atoms with Crippen LogP contribution >= 0.6 is 11.8 Å². The molecule has 2 aromatic rings. The van der Waals surface area contributed by atoms with Crippen LogP contribution in [-0.4, -0.2) is 38.6 Å². The maximum atomic E-state index is 12.8. The summed E-state index contributed by atoms with van der Waals surface area (Å²) in [5.41, 5.74) is 2.57. The molecule has 2 atom stereocenters. The number of aromatic nitrogens is 2. The summed E-state index contributed by atoms with van der Waals surface area (Å²) >= 11 is 1.63. The topological polar surface area (TPSA) is 59.2 Å². The predicted molar refractivity (Wildman–Crippen MR) is 96.4 cm³/mol. The van der Waals surface area contributed by atoms with Gasteiger partial charge in [0.05, 0.1) is 17.9 Å². The van der Waals surface area contributed by atoms with Crippen molar-refractivity contribution in [3.63, 3.8) is 0 Å². The van der Waals surface area contributed by atoms with Crippen LogP contribution in [0.1, 0.15) is 18.2 Å². The van der Waals surface area contributed by atoms with E-state index >= 15 is 0 Å². The number of thioether (sulfide) groups is 1. The van der Waals surface area contributed by atoms with Gasteiger partial charge in [-0.3, -0.25) is 9.48 Å². The molecule has 2 N–H and O–H groups in total. The highest BCUT2D eigenvalue weighted by atomic mass is 32.2. The van der Waals surface area contributed by atoms with Crippen molar-refractivity contribution in [2.75, 3.05) is 12.9 Å². The minimum absolute atomic E-state index is 0.000556. The Morgan fingerprint density at radius 1 is 1.30 bits per heavy atom. The summed E-state index contributed by atoms with van der Waals surface area (Å²) < 4.78 is 3.58. The fraction of sp³-hybridized carbons (Fsp3) is 0.471. The fourth-order valence-electron chi connectivity index (χ4n) is 2.66. The van der Waals surface area contributed by atoms with Crippen LogP contribution in [0.15, 0.2) is 35.1 Å². The zero-order valence-corrected chi connectivity index (χ0v) is 14.9. The lowest BCUT2D eigenvalue weighted by atomic mass is 10.2. The number of para-hydroxylation sites is 1. The van der Waals surface area contributed by atoms with Gasteiger partial charge in [-0.1, -0.05) is 18.2 Å². The van der Waals surface area contributed by atoms with E-state index < -0.39 is 0 Å². The van der Waals surface area contributed by atoms with Crippen LogP contribution in [-0.2, 0) is 13.6 Å². The van der Waals surface area contributed by atoms with Crippen molar-refractivity contribution in [1.29, 1.82) is 0 Å². The summed E-state index contributed by atoms with van der Waals surface area (Å²) in [6, 6.07) is 9.76. The average Bonchev–Trinajstić information content (AvgIpc) is 2.77. The van der Waals surface area contributed by atoms with E-state index in [1.807, 2.05) is 62.2 Å². The molecular weight excluding hydrogens is 310 g/mol. The second-order valence-electron chi connectivity index (χ2n) is 5.67. The zero-order valence-electron chi connectivity index (χ0n) is 14.1. The third kappa shape index (κ3) is 3.71. The quantitative estimate of drug-likeness (QED) is 0.808. The summed E-state index contributed by atoms with van der Waals surface area (Å²) in [7, 11) is 1.90. The molecule has 1 aromatic carbocycles. The van der Waals surface area contributed by atoms with Gasteiger partial charge in [-0.25, -0.2) is 4.68 Å². The normalized spacial score (nSPS) is 14.0. The number of nitrogens with one attached hydrogen (secondary N) is 1. The highest BCUT2D eigenvalue weighted by Gasteiger charge is 2.19. The number of hydrogen-bond donors (Lipinski definition) is 2. The van der Waals surface area contributed by atoms with Gasteiger partial charge in [-0.05, 0) is 32.2 Å². The minimum atomic E-state index is 0.000556. The van der Waals surface area contributed by atoms with Crippen LogP contribution in [0.4, 0.5) is 0 Å². The molecule has 0 saturated carbocycles. The van der Waals surface area contributed by atoms with Crippen LogP contribution in [0.5, 0.6) is 0 Å². The molecule has 1 heterocycles. The Labute approximate surface area is 141 Å². The van der Waals surface area contributed by atoms with Crippen LogP contribution in [0.2, 0.25) is 0 Å². The van der Waals surface area contributed by atoms with Gasteiger partial charge in [-0.2, -0.15) is 11.8 Å². The lowest BCUT2D eigenvalue weighted by Crippen LogP contribution is -2.38. The number of nitrogens with zero attached hydrogens (tertiary/aromatic N) is 2. The highest BCUT2D eigenvalue weighted by molar-refractivity contribution is 7.99. The molecule has 0 spiro atoms. The van der Waals surface area contributed by atoms with Crippen molar-refractivity contribution in [3.05, 3.63) is 51.9 Å². The van der Waals surface area contributed by atoms with E-state index in [1.54, 1.807) is 16.4 Å². The molecule has 0 aliphatic rings. The van der Waals surface area contributed by atoms with E-state index in [0.717, 1.165) is 16.9 Å². The van der Waals surface area contributed by atoms with Gasteiger partial charge in [0.1, 0.15) is 0 Å². The molecule has 2 rings (SSSR count). The maximum absolute atomic E-state index is 12.8. The van der Waals surface area contributed by atoms with E-state index in [1.165, 1.54) is 0 Å². The fourth-order valence-corrected chi connectivity index (χ4v) is 3.31. The van der Waals surface area contributed by atoms with Crippen molar-refractivity contribution in [2.24, 2.45) is 7.05 Å². The average molecular weight is 335 g/mol. The lowest BCUT2D eigenvalue weighted by Gasteiger charge is -2.21. The first-order chi connectivity index (χ1) is 11.0. The SMILES string of the molecule is CSC(CO)C(C)NCc1c(C)n(C)n(-c2ccccc2)c1=O. The first-order valence-corrected chi connectivity index (χ1v) is 9.00. The van der Waals surface area contributed by atoms with Gasteiger partial charge in [0, 0.05) is 30.6 Å². The monoisotopic (exact) mass is 335 g/mol. The Morgan fingerprint density at radius 3 is 2.52 bits per heavy atom. The van der Waals surface area contributed by atoms with Gasteiger partial charge < -0.3 is 10.4 Å². The van der Waals surface area contributed by atoms with Gasteiger partial charge in [0.25, 0.3) is 5.56 Å². The molecular formula is C17H25N3O2S. The molecule has 23 heavy (non-hydrogen) atoms. The van der Waals surface area contributed by atoms with Gasteiger partial charge in [0.2, 0.25) is 0 Å². The first-order valence-electron chi connectivity index (χ1n) is 7.71. The molecule has 1 aromatic heterocycles. The number of benzene rings is 1. The van der Waals surface area contributed by atoms with E-state index in [2.05, 4.69) is 5.32 Å². The summed E-state index contributed by atoms with van der Waals surface area (Å²) in [6.45, 7) is 4.61. The Bertz CT molecular complexity index is 690. The Kier molecular flexibility index (Phi) is 6.10. The molecule has 0 saturated heterocycles. The smallest absolute Gasteiger partial charge is 0.276 e. The predicted octanol–water partition coefficient (Wildman–Crippen LogP) is 1.69. The van der Waals surface area contributed by atoms with Gasteiger partial charge in [-0.15, -0.1) is 0 Å². The van der Waals surface area contributed by atoms with Crippen molar-refractivity contribution in [1.82, 2.24) is 14.7 Å². The first kappa shape index (κ1) is 17.8. The number of aliphatic hydroxyl groups is 1. The largest absolute Gasteiger partial charge is 0.395 e. The third-order valence-corrected chi connectivity index (χ3v) is 5.48. The van der Waals surface area contributed by atoms with Crippen molar-refractivity contribution in [2.45, 2.75) is 31.7 Å². The number of hydrogen-bond acceptors (Lipinski definition) is 4. The Morgan fingerprint density at radius 2 is 1.96 bits per heavy atom. The minimum Gasteiger partial charge on any atom is -0.395 e. The van der Waals surface area contributed by atoms with E-state index in [4.69, 9.17) is 0 Å². The van der Waals surface area contributed by atoms with Gasteiger partial charge >= 0.3 is 0 Å². The Balaban J connectivity index is 2.26. The van der Waals surface area contributed by atoms with Crippen molar-refractivity contribution < 1.29 is 5.11 Å². The highest BCUT2D eigenvalue weighted by Crippen LogP contribution is 2.13. The molecule has 0 radical (unpaired) electrons. The van der Waals surface area contributed by atoms with Crippen LogP contribution in [0, 0.1) is 6.92 Å². The molecule has 6 heteroatoms. The standard InChI is InChI=1S/C17H25N3O2S/c1-12(16(11-21)23-4)18-10-15-13(2)19(3)20(17(15)22)14-8-6-5-7-9-14/h5-9,12,16,18,21H,10-11H2,1-4H3. The molecule has 5 nitrogen and oxygen atoms in total. The van der Waals surface area contributed by atoms with Gasteiger partial charge in [0.15, 0.2) is 0 Å². The lowest BCUT2D eigenvalue weighted by molar-refractivity contribution is 0.275. The number of aliphatic hydroxyl groups excluding tert-OH is 1. The summed E-state index contributed by atoms with van der Waals surface area (Å²) in [5.74, 6) is 0. The van der Waals surface area contributed by atoms with Crippen molar-refractivity contribution >= 4 is 11.8 Å². The number of rotatable bonds is 7. The van der Waals surface area contributed by atoms with Crippen LogP contribution in [0.3, 0.4) is 0 Å².